The number of hydrogen-bond donors (Lipinski definition) is 0. The van der Waals surface area contributed by atoms with Gasteiger partial charge in [-0.2, -0.15) is 0 Å². The van der Waals surface area contributed by atoms with Gasteiger partial charge in [-0.1, -0.05) is 54.4 Å². The van der Waals surface area contributed by atoms with Crippen molar-refractivity contribution in [3.8, 4) is 0 Å². The molecule has 0 saturated carbocycles. The normalized spacial score (nSPS) is 23.7. The average Bonchev–Trinajstić information content (AvgIpc) is 3.09. The molecule has 0 spiro atoms. The molecule has 2 atom stereocenters. The lowest BCUT2D eigenvalue weighted by molar-refractivity contribution is 0.155. The van der Waals surface area contributed by atoms with E-state index < -0.39 is 16.6 Å². The summed E-state index contributed by atoms with van der Waals surface area (Å²) in [5, 5.41) is 0.593. The van der Waals surface area contributed by atoms with Gasteiger partial charge in [0.25, 0.3) is 0 Å². The van der Waals surface area contributed by atoms with Crippen molar-refractivity contribution in [2.75, 3.05) is 0 Å². The maximum absolute atomic E-state index is 6.92. The Morgan fingerprint density at radius 2 is 0.892 bits per heavy atom. The molecular weight excluding hydrogens is 505 g/mol. The minimum atomic E-state index is -1.70. The highest BCUT2D eigenvalue weighted by atomic mass is 32.1. The van der Waals surface area contributed by atoms with Crippen LogP contribution in [-0.4, -0.2) is 28.8 Å². The fraction of sp³-hybridized carbons (Fsp3) is 0.875. The molecule has 1 aromatic rings. The molecule has 2 aliphatic carbocycles. The molecule has 0 aliphatic heterocycles. The summed E-state index contributed by atoms with van der Waals surface area (Å²) in [6.45, 7) is 24.0. The second-order valence-corrected chi connectivity index (χ2v) is 25.9. The average molecular weight is 565 g/mol. The predicted octanol–water partition coefficient (Wildman–Crippen LogP) is 10.6. The van der Waals surface area contributed by atoms with Gasteiger partial charge in [-0.3, -0.25) is 0 Å². The van der Waals surface area contributed by atoms with Crippen molar-refractivity contribution in [3.05, 3.63) is 20.9 Å². The first-order chi connectivity index (χ1) is 17.1. The first kappa shape index (κ1) is 31.6. The van der Waals surface area contributed by atoms with Crippen LogP contribution in [0.25, 0.3) is 0 Å². The van der Waals surface area contributed by atoms with E-state index >= 15 is 0 Å². The van der Waals surface area contributed by atoms with Crippen LogP contribution in [0.3, 0.4) is 0 Å². The zero-order valence-corrected chi connectivity index (χ0v) is 29.1. The zero-order chi connectivity index (χ0) is 27.5. The number of fused-ring (bicyclic) bond motifs is 3. The minimum Gasteiger partial charge on any atom is -0.414 e. The Labute approximate surface area is 237 Å². The molecule has 0 saturated heterocycles. The van der Waals surface area contributed by atoms with Gasteiger partial charge in [0.1, 0.15) is 0 Å². The Bertz CT molecular complexity index is 859. The topological polar surface area (TPSA) is 18.5 Å². The zero-order valence-electron chi connectivity index (χ0n) is 26.3. The summed E-state index contributed by atoms with van der Waals surface area (Å²) in [6, 6.07) is 0. The van der Waals surface area contributed by atoms with Crippen LogP contribution >= 0.6 is 11.3 Å². The fourth-order valence-corrected chi connectivity index (χ4v) is 9.96. The van der Waals surface area contributed by atoms with Crippen molar-refractivity contribution >= 4 is 28.0 Å². The fourth-order valence-electron chi connectivity index (χ4n) is 5.63. The van der Waals surface area contributed by atoms with Crippen LogP contribution in [0.4, 0.5) is 0 Å². The van der Waals surface area contributed by atoms with Crippen molar-refractivity contribution in [2.45, 2.75) is 180 Å². The van der Waals surface area contributed by atoms with Gasteiger partial charge in [0.15, 0.2) is 16.6 Å². The maximum atomic E-state index is 6.92. The highest BCUT2D eigenvalue weighted by Gasteiger charge is 2.40. The van der Waals surface area contributed by atoms with Crippen molar-refractivity contribution in [3.63, 3.8) is 0 Å². The van der Waals surface area contributed by atoms with Gasteiger partial charge >= 0.3 is 0 Å². The summed E-state index contributed by atoms with van der Waals surface area (Å²) in [4.78, 5) is 3.47. The summed E-state index contributed by atoms with van der Waals surface area (Å²) in [6.07, 6.45) is 18.9. The molecule has 5 heteroatoms. The Balaban J connectivity index is 1.68. The number of aryl methyl sites for hydroxylation is 2. The Morgan fingerprint density at radius 3 is 1.35 bits per heavy atom. The van der Waals surface area contributed by atoms with Gasteiger partial charge in [0.2, 0.25) is 0 Å². The van der Waals surface area contributed by atoms with E-state index in [0.29, 0.717) is 22.3 Å². The van der Waals surface area contributed by atoms with Crippen molar-refractivity contribution in [1.82, 2.24) is 0 Å². The molecule has 0 N–H and O–H groups in total. The van der Waals surface area contributed by atoms with Crippen LogP contribution in [-0.2, 0) is 34.5 Å². The van der Waals surface area contributed by atoms with Crippen LogP contribution in [0.2, 0.25) is 36.3 Å². The van der Waals surface area contributed by atoms with E-state index in [1.54, 1.807) is 20.9 Å². The van der Waals surface area contributed by atoms with Gasteiger partial charge in [0, 0.05) is 22.0 Å². The monoisotopic (exact) mass is 564 g/mol. The minimum absolute atomic E-state index is 0.296. The van der Waals surface area contributed by atoms with E-state index in [0.717, 1.165) is 0 Å². The molecule has 1 heterocycles. The lowest BCUT2D eigenvalue weighted by atomic mass is 9.91. The van der Waals surface area contributed by atoms with Crippen LogP contribution in [0, 0.1) is 0 Å². The molecule has 2 aliphatic rings. The summed E-state index contributed by atoms with van der Waals surface area (Å²) in [7, 11) is -3.40. The number of thiophene rings is 1. The van der Waals surface area contributed by atoms with Crippen LogP contribution in [0.15, 0.2) is 0 Å². The summed E-state index contributed by atoms with van der Waals surface area (Å²) in [5.41, 5.74) is 3.54. The van der Waals surface area contributed by atoms with E-state index in [4.69, 9.17) is 8.85 Å². The first-order valence-corrected chi connectivity index (χ1v) is 22.2. The van der Waals surface area contributed by atoms with Gasteiger partial charge in [-0.15, -0.1) is 11.3 Å². The highest BCUT2D eigenvalue weighted by Crippen LogP contribution is 2.41. The quantitative estimate of drug-likeness (QED) is 0.339. The van der Waals surface area contributed by atoms with E-state index in [1.807, 2.05) is 0 Å². The third-order valence-electron chi connectivity index (χ3n) is 10.1. The number of hydrogen-bond acceptors (Lipinski definition) is 3. The predicted molar refractivity (Wildman–Crippen MR) is 169 cm³/mol. The van der Waals surface area contributed by atoms with Crippen LogP contribution in [0.5, 0.6) is 0 Å². The molecule has 0 fully saturated rings. The van der Waals surface area contributed by atoms with Crippen molar-refractivity contribution in [2.24, 2.45) is 0 Å². The summed E-state index contributed by atoms with van der Waals surface area (Å²) in [5.74, 6) is 0. The Morgan fingerprint density at radius 1 is 0.541 bits per heavy atom. The SMILES string of the molecule is CC(C)(C)[Si](C)(C)OC1CCCCc2c(sc3c2CCCC(O[Si](C)(C)C(C)(C)C)CCCC3)CCC1. The van der Waals surface area contributed by atoms with E-state index in [-0.39, 0.29) is 0 Å². The second kappa shape index (κ2) is 12.7. The maximum Gasteiger partial charge on any atom is 0.192 e. The molecule has 0 radical (unpaired) electrons. The van der Waals surface area contributed by atoms with Gasteiger partial charge in [0.05, 0.1) is 0 Å². The first-order valence-electron chi connectivity index (χ1n) is 15.6. The molecule has 214 valence electrons. The largest absolute Gasteiger partial charge is 0.414 e. The summed E-state index contributed by atoms with van der Waals surface area (Å²) >= 11 is 2.19. The lowest BCUT2D eigenvalue weighted by Crippen LogP contribution is -2.44. The van der Waals surface area contributed by atoms with Crippen molar-refractivity contribution in [1.29, 1.82) is 0 Å². The van der Waals surface area contributed by atoms with Gasteiger partial charge < -0.3 is 8.85 Å². The molecule has 1 aromatic heterocycles. The Hall–Kier alpha value is 0.0538. The molecule has 37 heavy (non-hydrogen) atoms. The molecule has 0 bridgehead atoms. The van der Waals surface area contributed by atoms with E-state index in [9.17, 15) is 0 Å². The second-order valence-electron chi connectivity index (χ2n) is 15.2. The standard InChI is InChI=1S/C32H60O2SSi2/c1-31(2,3)36(7,8)33-25-18-12-14-23-29-28(22-15-19-25)27-21-13-11-17-26(20-16-24-30(27)35-29)34-37(9,10)32(4,5)6/h25-26H,11-24H2,1-10H3. The highest BCUT2D eigenvalue weighted by molar-refractivity contribution is 7.12. The van der Waals surface area contributed by atoms with E-state index in [2.05, 4.69) is 79.1 Å². The molecule has 0 aromatic carbocycles. The third kappa shape index (κ3) is 8.52. The van der Waals surface area contributed by atoms with Gasteiger partial charge in [-0.05, 0) is 124 Å². The number of rotatable bonds is 4. The molecule has 3 rings (SSSR count). The third-order valence-corrected chi connectivity index (χ3v) is 20.5. The van der Waals surface area contributed by atoms with Crippen molar-refractivity contribution < 1.29 is 8.85 Å². The molecule has 2 unspecified atom stereocenters. The Kier molecular flexibility index (Phi) is 10.8. The van der Waals surface area contributed by atoms with Crippen LogP contribution < -0.4 is 0 Å². The smallest absolute Gasteiger partial charge is 0.192 e. The lowest BCUT2D eigenvalue weighted by Gasteiger charge is -2.39. The molecule has 0 amide bonds. The van der Waals surface area contributed by atoms with Gasteiger partial charge in [-0.25, -0.2) is 0 Å². The molecular formula is C32H60O2SSi2. The van der Waals surface area contributed by atoms with Crippen LogP contribution in [0.1, 0.15) is 127 Å². The molecule has 2 nitrogen and oxygen atoms in total. The summed E-state index contributed by atoms with van der Waals surface area (Å²) < 4.78 is 13.8. The van der Waals surface area contributed by atoms with E-state index in [1.165, 1.54) is 89.9 Å².